The molecule has 4 nitrogen and oxygen atoms in total. The Balaban J connectivity index is 2.37. The molecule has 0 aliphatic carbocycles. The molecule has 1 unspecified atom stereocenters. The zero-order chi connectivity index (χ0) is 14.5. The van der Waals surface area contributed by atoms with Crippen LogP contribution < -0.4 is 5.32 Å². The average Bonchev–Trinajstić information content (AvgIpc) is 2.45. The summed E-state index contributed by atoms with van der Waals surface area (Å²) in [6, 6.07) is 11.0. The van der Waals surface area contributed by atoms with Crippen molar-refractivity contribution in [2.45, 2.75) is 32.7 Å². The van der Waals surface area contributed by atoms with E-state index in [1.54, 1.807) is 6.07 Å². The molecule has 1 heterocycles. The van der Waals surface area contributed by atoms with Crippen molar-refractivity contribution in [2.24, 2.45) is 0 Å². The van der Waals surface area contributed by atoms with Crippen LogP contribution in [-0.4, -0.2) is 16.9 Å². The third-order valence-corrected chi connectivity index (χ3v) is 3.13. The third kappa shape index (κ3) is 2.94. The van der Waals surface area contributed by atoms with Gasteiger partial charge in [0.25, 0.3) is 5.91 Å². The zero-order valence-electron chi connectivity index (χ0n) is 11.7. The number of nitriles is 1. The summed E-state index contributed by atoms with van der Waals surface area (Å²) in [5.74, 6) is -0.216. The van der Waals surface area contributed by atoms with Crippen molar-refractivity contribution in [2.75, 3.05) is 0 Å². The van der Waals surface area contributed by atoms with Gasteiger partial charge in [0.2, 0.25) is 0 Å². The fourth-order valence-electron chi connectivity index (χ4n) is 2.19. The minimum absolute atomic E-state index is 0.216. The summed E-state index contributed by atoms with van der Waals surface area (Å²) in [6.07, 6.45) is 1.51. The highest BCUT2D eigenvalue weighted by Gasteiger charge is 2.15. The van der Waals surface area contributed by atoms with E-state index in [2.05, 4.69) is 16.4 Å². The second kappa shape index (κ2) is 6.16. The van der Waals surface area contributed by atoms with E-state index in [-0.39, 0.29) is 5.91 Å². The quantitative estimate of drug-likeness (QED) is 0.926. The number of aryl methyl sites for hydroxylation is 1. The van der Waals surface area contributed by atoms with Crippen LogP contribution in [0.2, 0.25) is 0 Å². The Morgan fingerprint density at radius 1 is 1.45 bits per heavy atom. The average molecular weight is 267 g/mol. The Hall–Kier alpha value is -2.41. The van der Waals surface area contributed by atoms with Crippen molar-refractivity contribution >= 4 is 16.8 Å². The molecule has 0 saturated heterocycles. The molecule has 2 rings (SSSR count). The van der Waals surface area contributed by atoms with E-state index in [0.717, 1.165) is 23.0 Å². The van der Waals surface area contributed by atoms with Gasteiger partial charge in [-0.3, -0.25) is 9.78 Å². The Morgan fingerprint density at radius 3 is 2.90 bits per heavy atom. The van der Waals surface area contributed by atoms with Gasteiger partial charge in [-0.05, 0) is 25.5 Å². The van der Waals surface area contributed by atoms with Crippen molar-refractivity contribution in [1.82, 2.24) is 10.3 Å². The molecule has 0 saturated carbocycles. The molecule has 0 aliphatic rings. The molecule has 0 fully saturated rings. The number of carbonyl (C=O) groups excluding carboxylic acids is 1. The number of nitrogens with zero attached hydrogens (tertiary/aromatic N) is 2. The Kier molecular flexibility index (Phi) is 4.31. The lowest BCUT2D eigenvalue weighted by Gasteiger charge is -2.12. The summed E-state index contributed by atoms with van der Waals surface area (Å²) in [6.45, 7) is 3.85. The Labute approximate surface area is 118 Å². The minimum Gasteiger partial charge on any atom is -0.336 e. The molecule has 4 heteroatoms. The summed E-state index contributed by atoms with van der Waals surface area (Å²) in [7, 11) is 0. The zero-order valence-corrected chi connectivity index (χ0v) is 11.7. The smallest absolute Gasteiger partial charge is 0.253 e. The summed E-state index contributed by atoms with van der Waals surface area (Å²) < 4.78 is 0. The van der Waals surface area contributed by atoms with Gasteiger partial charge in [0.05, 0.1) is 17.1 Å². The minimum atomic E-state index is -0.445. The lowest BCUT2D eigenvalue weighted by molar-refractivity contribution is 0.0945. The Bertz CT molecular complexity index is 673. The number of para-hydroxylation sites is 1. The maximum Gasteiger partial charge on any atom is 0.253 e. The predicted octanol–water partition coefficient (Wildman–Crippen LogP) is 2.97. The van der Waals surface area contributed by atoms with E-state index in [0.29, 0.717) is 12.0 Å². The predicted molar refractivity (Wildman–Crippen MR) is 78.3 cm³/mol. The van der Waals surface area contributed by atoms with Crippen LogP contribution in [0, 0.1) is 18.3 Å². The van der Waals surface area contributed by atoms with Gasteiger partial charge < -0.3 is 5.32 Å². The van der Waals surface area contributed by atoms with Gasteiger partial charge in [0.15, 0.2) is 0 Å². The highest BCUT2D eigenvalue weighted by Crippen LogP contribution is 2.18. The van der Waals surface area contributed by atoms with E-state index >= 15 is 0 Å². The molecule has 2 aromatic rings. The summed E-state index contributed by atoms with van der Waals surface area (Å²) in [5.41, 5.74) is 2.16. The second-order valence-corrected chi connectivity index (χ2v) is 4.77. The normalized spacial score (nSPS) is 11.8. The highest BCUT2D eigenvalue weighted by atomic mass is 16.1. The molecule has 1 atom stereocenters. The molecular weight excluding hydrogens is 250 g/mol. The molecule has 0 spiro atoms. The fraction of sp³-hybridized carbons (Fsp3) is 0.312. The van der Waals surface area contributed by atoms with Crippen LogP contribution in [-0.2, 0) is 0 Å². The molecule has 20 heavy (non-hydrogen) atoms. The summed E-state index contributed by atoms with van der Waals surface area (Å²) >= 11 is 0. The highest BCUT2D eigenvalue weighted by molar-refractivity contribution is 6.06. The monoisotopic (exact) mass is 267 g/mol. The third-order valence-electron chi connectivity index (χ3n) is 3.13. The van der Waals surface area contributed by atoms with Crippen LogP contribution >= 0.6 is 0 Å². The summed E-state index contributed by atoms with van der Waals surface area (Å²) in [4.78, 5) is 16.8. The van der Waals surface area contributed by atoms with Crippen molar-refractivity contribution in [3.63, 3.8) is 0 Å². The molecule has 1 amide bonds. The lowest BCUT2D eigenvalue weighted by atomic mass is 10.1. The maximum atomic E-state index is 12.4. The van der Waals surface area contributed by atoms with Gasteiger partial charge >= 0.3 is 0 Å². The fourth-order valence-corrected chi connectivity index (χ4v) is 2.19. The van der Waals surface area contributed by atoms with Crippen LogP contribution in [0.3, 0.4) is 0 Å². The van der Waals surface area contributed by atoms with Crippen LogP contribution in [0.5, 0.6) is 0 Å². The van der Waals surface area contributed by atoms with Crippen LogP contribution in [0.4, 0.5) is 0 Å². The standard InChI is InChI=1S/C16H17N3O/c1-3-6-12(10-17)19-16(20)14-9-11(2)18-15-8-5-4-7-13(14)15/h4-5,7-9,12H,3,6H2,1-2H3,(H,19,20). The van der Waals surface area contributed by atoms with Crippen molar-refractivity contribution in [3.05, 3.63) is 41.6 Å². The Morgan fingerprint density at radius 2 is 2.20 bits per heavy atom. The first-order valence-corrected chi connectivity index (χ1v) is 6.72. The van der Waals surface area contributed by atoms with Crippen molar-refractivity contribution in [3.8, 4) is 6.07 Å². The number of nitrogens with one attached hydrogen (secondary N) is 1. The number of hydrogen-bond acceptors (Lipinski definition) is 3. The first kappa shape index (κ1) is 14.0. The van der Waals surface area contributed by atoms with Crippen molar-refractivity contribution in [1.29, 1.82) is 5.26 Å². The first-order chi connectivity index (χ1) is 9.65. The van der Waals surface area contributed by atoms with Gasteiger partial charge in [0, 0.05) is 11.1 Å². The summed E-state index contributed by atoms with van der Waals surface area (Å²) in [5, 5.41) is 12.6. The molecule has 0 radical (unpaired) electrons. The molecule has 102 valence electrons. The molecular formula is C16H17N3O. The molecule has 1 N–H and O–H groups in total. The topological polar surface area (TPSA) is 65.8 Å². The number of aromatic nitrogens is 1. The van der Waals surface area contributed by atoms with Gasteiger partial charge in [-0.1, -0.05) is 31.5 Å². The molecule has 1 aromatic carbocycles. The molecule has 0 aliphatic heterocycles. The van der Waals surface area contributed by atoms with Crippen LogP contribution in [0.25, 0.3) is 10.9 Å². The van der Waals surface area contributed by atoms with Gasteiger partial charge in [-0.15, -0.1) is 0 Å². The van der Waals surface area contributed by atoms with E-state index in [4.69, 9.17) is 5.26 Å². The van der Waals surface area contributed by atoms with E-state index in [9.17, 15) is 4.79 Å². The van der Waals surface area contributed by atoms with Crippen molar-refractivity contribution < 1.29 is 4.79 Å². The molecule has 0 bridgehead atoms. The number of carbonyl (C=O) groups is 1. The SMILES string of the molecule is CCCC(C#N)NC(=O)c1cc(C)nc2ccccc12. The first-order valence-electron chi connectivity index (χ1n) is 6.72. The van der Waals surface area contributed by atoms with Crippen LogP contribution in [0.15, 0.2) is 30.3 Å². The van der Waals surface area contributed by atoms with E-state index in [1.165, 1.54) is 0 Å². The number of benzene rings is 1. The number of amides is 1. The number of fused-ring (bicyclic) bond motifs is 1. The van der Waals surface area contributed by atoms with Gasteiger partial charge in [0.1, 0.15) is 6.04 Å². The number of pyridine rings is 1. The molecule has 1 aromatic heterocycles. The second-order valence-electron chi connectivity index (χ2n) is 4.77. The maximum absolute atomic E-state index is 12.4. The lowest BCUT2D eigenvalue weighted by Crippen LogP contribution is -2.33. The van der Waals surface area contributed by atoms with Gasteiger partial charge in [-0.25, -0.2) is 0 Å². The van der Waals surface area contributed by atoms with E-state index in [1.807, 2.05) is 38.1 Å². The largest absolute Gasteiger partial charge is 0.336 e. The van der Waals surface area contributed by atoms with Gasteiger partial charge in [-0.2, -0.15) is 5.26 Å². The number of hydrogen-bond donors (Lipinski definition) is 1. The van der Waals surface area contributed by atoms with E-state index < -0.39 is 6.04 Å². The van der Waals surface area contributed by atoms with Crippen LogP contribution in [0.1, 0.15) is 35.8 Å². The number of rotatable bonds is 4.